The topological polar surface area (TPSA) is 9.23 Å². The number of ether oxygens (including phenoxy) is 1. The first-order valence-electron chi connectivity index (χ1n) is 7.82. The third kappa shape index (κ3) is 3.65. The molecule has 2 aromatic rings. The van der Waals surface area contributed by atoms with Gasteiger partial charge in [-0.2, -0.15) is 8.78 Å². The zero-order chi connectivity index (χ0) is 15.4. The van der Waals surface area contributed by atoms with Crippen LogP contribution in [0, 0.1) is 0 Å². The Kier molecular flexibility index (Phi) is 4.71. The molecule has 0 bridgehead atoms. The first-order chi connectivity index (χ1) is 10.7. The monoisotopic (exact) mass is 302 g/mol. The van der Waals surface area contributed by atoms with Crippen molar-refractivity contribution in [2.45, 2.75) is 44.1 Å². The fourth-order valence-electron chi connectivity index (χ4n) is 3.41. The summed E-state index contributed by atoms with van der Waals surface area (Å²) in [5.74, 6) is 1.41. The van der Waals surface area contributed by atoms with Crippen LogP contribution in [-0.4, -0.2) is 6.61 Å². The van der Waals surface area contributed by atoms with Crippen molar-refractivity contribution in [1.29, 1.82) is 0 Å². The van der Waals surface area contributed by atoms with Crippen molar-refractivity contribution in [3.63, 3.8) is 0 Å². The van der Waals surface area contributed by atoms with Gasteiger partial charge in [-0.15, -0.1) is 0 Å². The zero-order valence-corrected chi connectivity index (χ0v) is 12.4. The van der Waals surface area contributed by atoms with Gasteiger partial charge in [-0.05, 0) is 60.8 Å². The predicted octanol–water partition coefficient (Wildman–Crippen LogP) is 5.73. The van der Waals surface area contributed by atoms with Gasteiger partial charge in [-0.1, -0.05) is 42.5 Å². The van der Waals surface area contributed by atoms with Crippen LogP contribution in [0.25, 0.3) is 0 Å². The lowest BCUT2D eigenvalue weighted by atomic mass is 9.76. The lowest BCUT2D eigenvalue weighted by Gasteiger charge is -2.29. The maximum Gasteiger partial charge on any atom is 0.387 e. The Morgan fingerprint density at radius 1 is 0.727 bits per heavy atom. The van der Waals surface area contributed by atoms with Crippen LogP contribution in [0.2, 0.25) is 0 Å². The summed E-state index contributed by atoms with van der Waals surface area (Å²) >= 11 is 0. The van der Waals surface area contributed by atoms with Gasteiger partial charge in [0.15, 0.2) is 0 Å². The quantitative estimate of drug-likeness (QED) is 0.701. The second-order valence-electron chi connectivity index (χ2n) is 5.91. The highest BCUT2D eigenvalue weighted by molar-refractivity contribution is 5.30. The third-order valence-electron chi connectivity index (χ3n) is 4.57. The third-order valence-corrected chi connectivity index (χ3v) is 4.57. The van der Waals surface area contributed by atoms with E-state index in [1.165, 1.54) is 24.0 Å². The van der Waals surface area contributed by atoms with Gasteiger partial charge >= 0.3 is 6.61 Å². The Morgan fingerprint density at radius 2 is 1.23 bits per heavy atom. The predicted molar refractivity (Wildman–Crippen MR) is 83.5 cm³/mol. The number of halogens is 2. The molecule has 0 saturated heterocycles. The second kappa shape index (κ2) is 6.91. The number of hydrogen-bond acceptors (Lipinski definition) is 1. The number of rotatable bonds is 4. The molecular weight excluding hydrogens is 282 g/mol. The Hall–Kier alpha value is -1.90. The van der Waals surface area contributed by atoms with Gasteiger partial charge in [0, 0.05) is 0 Å². The molecule has 22 heavy (non-hydrogen) atoms. The Labute approximate surface area is 129 Å². The van der Waals surface area contributed by atoms with Gasteiger partial charge in [-0.3, -0.25) is 0 Å². The van der Waals surface area contributed by atoms with Gasteiger partial charge in [0.25, 0.3) is 0 Å². The fraction of sp³-hybridized carbons (Fsp3) is 0.368. The van der Waals surface area contributed by atoms with Crippen LogP contribution in [0.15, 0.2) is 54.6 Å². The summed E-state index contributed by atoms with van der Waals surface area (Å²) in [7, 11) is 0. The smallest absolute Gasteiger partial charge is 0.387 e. The van der Waals surface area contributed by atoms with Crippen molar-refractivity contribution < 1.29 is 13.5 Å². The molecule has 0 unspecified atom stereocenters. The Morgan fingerprint density at radius 3 is 1.73 bits per heavy atom. The molecule has 3 rings (SSSR count). The molecule has 1 fully saturated rings. The van der Waals surface area contributed by atoms with Gasteiger partial charge in [0.2, 0.25) is 0 Å². The van der Waals surface area contributed by atoms with E-state index in [9.17, 15) is 8.78 Å². The largest absolute Gasteiger partial charge is 0.435 e. The molecule has 0 aliphatic heterocycles. The van der Waals surface area contributed by atoms with E-state index in [4.69, 9.17) is 0 Å². The second-order valence-corrected chi connectivity index (χ2v) is 5.91. The molecule has 1 aliphatic carbocycles. The average Bonchev–Trinajstić information content (AvgIpc) is 2.56. The van der Waals surface area contributed by atoms with Crippen molar-refractivity contribution >= 4 is 0 Å². The Balaban J connectivity index is 1.59. The van der Waals surface area contributed by atoms with Crippen molar-refractivity contribution in [2.75, 3.05) is 0 Å². The molecule has 2 aromatic carbocycles. The fourth-order valence-corrected chi connectivity index (χ4v) is 3.41. The van der Waals surface area contributed by atoms with Gasteiger partial charge in [0.05, 0.1) is 0 Å². The lowest BCUT2D eigenvalue weighted by molar-refractivity contribution is -0.0498. The molecule has 1 nitrogen and oxygen atoms in total. The molecule has 0 heterocycles. The Bertz CT molecular complexity index is 572. The van der Waals surface area contributed by atoms with Crippen molar-refractivity contribution in [3.05, 3.63) is 65.7 Å². The zero-order valence-electron chi connectivity index (χ0n) is 12.4. The van der Waals surface area contributed by atoms with Crippen LogP contribution >= 0.6 is 0 Å². The summed E-state index contributed by atoms with van der Waals surface area (Å²) in [4.78, 5) is 0. The minimum Gasteiger partial charge on any atom is -0.435 e. The van der Waals surface area contributed by atoms with E-state index in [1.54, 1.807) is 12.1 Å². The van der Waals surface area contributed by atoms with E-state index in [0.717, 1.165) is 12.8 Å². The SMILES string of the molecule is FC(F)Oc1ccc(C2CCC(c3ccccc3)CC2)cc1. The normalized spacial score (nSPS) is 21.8. The van der Waals surface area contributed by atoms with Crippen LogP contribution < -0.4 is 4.74 Å². The molecule has 0 radical (unpaired) electrons. The van der Waals surface area contributed by atoms with Crippen molar-refractivity contribution in [1.82, 2.24) is 0 Å². The molecule has 0 spiro atoms. The molecule has 0 N–H and O–H groups in total. The van der Waals surface area contributed by atoms with E-state index in [0.29, 0.717) is 11.8 Å². The lowest BCUT2D eigenvalue weighted by Crippen LogP contribution is -2.12. The van der Waals surface area contributed by atoms with Crippen LogP contribution in [0.3, 0.4) is 0 Å². The minimum absolute atomic E-state index is 0.233. The summed E-state index contributed by atoms with van der Waals surface area (Å²) in [6.07, 6.45) is 4.66. The highest BCUT2D eigenvalue weighted by Crippen LogP contribution is 2.40. The summed E-state index contributed by atoms with van der Waals surface area (Å²) in [6, 6.07) is 17.8. The van der Waals surface area contributed by atoms with Crippen molar-refractivity contribution in [2.24, 2.45) is 0 Å². The maximum absolute atomic E-state index is 12.2. The highest BCUT2D eigenvalue weighted by Gasteiger charge is 2.23. The molecule has 0 aromatic heterocycles. The standard InChI is InChI=1S/C19H20F2O/c20-19(21)22-18-12-10-17(11-13-18)16-8-6-15(7-9-16)14-4-2-1-3-5-14/h1-5,10-13,15-16,19H,6-9H2. The van der Waals surface area contributed by atoms with Crippen LogP contribution in [-0.2, 0) is 0 Å². The average molecular weight is 302 g/mol. The number of hydrogen-bond donors (Lipinski definition) is 0. The van der Waals surface area contributed by atoms with Gasteiger partial charge in [-0.25, -0.2) is 0 Å². The number of alkyl halides is 2. The first kappa shape index (κ1) is 15.0. The maximum atomic E-state index is 12.2. The molecule has 1 aliphatic rings. The summed E-state index contributed by atoms with van der Waals surface area (Å²) < 4.78 is 28.7. The van der Waals surface area contributed by atoms with Crippen LogP contribution in [0.5, 0.6) is 5.75 Å². The van der Waals surface area contributed by atoms with E-state index in [-0.39, 0.29) is 5.75 Å². The molecule has 116 valence electrons. The highest BCUT2D eigenvalue weighted by atomic mass is 19.3. The van der Waals surface area contributed by atoms with Crippen molar-refractivity contribution in [3.8, 4) is 5.75 Å². The summed E-state index contributed by atoms with van der Waals surface area (Å²) in [6.45, 7) is -2.76. The van der Waals surface area contributed by atoms with E-state index < -0.39 is 6.61 Å². The van der Waals surface area contributed by atoms with Gasteiger partial charge in [0.1, 0.15) is 5.75 Å². The van der Waals surface area contributed by atoms with E-state index in [2.05, 4.69) is 35.1 Å². The van der Waals surface area contributed by atoms with Gasteiger partial charge < -0.3 is 4.74 Å². The summed E-state index contributed by atoms with van der Waals surface area (Å²) in [5.41, 5.74) is 2.66. The van der Waals surface area contributed by atoms with E-state index in [1.807, 2.05) is 12.1 Å². The first-order valence-corrected chi connectivity index (χ1v) is 7.82. The van der Waals surface area contributed by atoms with Crippen LogP contribution in [0.1, 0.15) is 48.6 Å². The number of benzene rings is 2. The molecule has 0 atom stereocenters. The minimum atomic E-state index is -2.76. The molecule has 3 heteroatoms. The molecular formula is C19H20F2O. The molecule has 0 amide bonds. The molecule has 1 saturated carbocycles. The van der Waals surface area contributed by atoms with E-state index >= 15 is 0 Å². The van der Waals surface area contributed by atoms with Crippen LogP contribution in [0.4, 0.5) is 8.78 Å². The summed E-state index contributed by atoms with van der Waals surface area (Å²) in [5, 5.41) is 0.